The number of hydrogen-bond donors (Lipinski definition) is 0. The van der Waals surface area contributed by atoms with Gasteiger partial charge in [0.15, 0.2) is 5.78 Å². The van der Waals surface area contributed by atoms with Gasteiger partial charge >= 0.3 is 0 Å². The summed E-state index contributed by atoms with van der Waals surface area (Å²) in [4.78, 5) is 12.1. The first-order valence-electron chi connectivity index (χ1n) is 6.20. The molecule has 18 heavy (non-hydrogen) atoms. The summed E-state index contributed by atoms with van der Waals surface area (Å²) in [6.07, 6.45) is 3.28. The quantitative estimate of drug-likeness (QED) is 0.525. The van der Waals surface area contributed by atoms with Gasteiger partial charge in [-0.25, -0.2) is 8.78 Å². The van der Waals surface area contributed by atoms with E-state index in [0.29, 0.717) is 6.42 Å². The fourth-order valence-corrected chi connectivity index (χ4v) is 2.22. The van der Waals surface area contributed by atoms with Crippen LogP contribution in [0.15, 0.2) is 16.6 Å². The lowest BCUT2D eigenvalue weighted by atomic mass is 9.90. The third kappa shape index (κ3) is 3.61. The zero-order valence-corrected chi connectivity index (χ0v) is 12.2. The van der Waals surface area contributed by atoms with Crippen molar-refractivity contribution in [1.82, 2.24) is 0 Å². The molecule has 0 saturated carbocycles. The van der Waals surface area contributed by atoms with Crippen molar-refractivity contribution < 1.29 is 13.6 Å². The average Bonchev–Trinajstić information content (AvgIpc) is 2.34. The van der Waals surface area contributed by atoms with Gasteiger partial charge in [0.25, 0.3) is 0 Å². The van der Waals surface area contributed by atoms with E-state index >= 15 is 0 Å². The highest BCUT2D eigenvalue weighted by atomic mass is 79.9. The first kappa shape index (κ1) is 15.3. The predicted molar refractivity (Wildman–Crippen MR) is 71.7 cm³/mol. The lowest BCUT2D eigenvalue weighted by Crippen LogP contribution is -2.16. The van der Waals surface area contributed by atoms with Crippen molar-refractivity contribution in [2.75, 3.05) is 0 Å². The van der Waals surface area contributed by atoms with Crippen LogP contribution in [0, 0.1) is 17.6 Å². The second-order valence-corrected chi connectivity index (χ2v) is 5.21. The van der Waals surface area contributed by atoms with Crippen LogP contribution in [-0.2, 0) is 0 Å². The molecule has 1 aromatic rings. The first-order chi connectivity index (χ1) is 8.51. The minimum Gasteiger partial charge on any atom is -0.294 e. The maximum Gasteiger partial charge on any atom is 0.168 e. The number of unbranched alkanes of at least 4 members (excludes halogenated alkanes) is 1. The van der Waals surface area contributed by atoms with Crippen LogP contribution in [-0.4, -0.2) is 5.78 Å². The van der Waals surface area contributed by atoms with Crippen molar-refractivity contribution in [2.24, 2.45) is 5.92 Å². The van der Waals surface area contributed by atoms with Crippen LogP contribution in [0.25, 0.3) is 0 Å². The topological polar surface area (TPSA) is 17.1 Å². The first-order valence-corrected chi connectivity index (χ1v) is 6.99. The zero-order valence-electron chi connectivity index (χ0n) is 10.6. The Morgan fingerprint density at radius 1 is 1.28 bits per heavy atom. The summed E-state index contributed by atoms with van der Waals surface area (Å²) in [5.41, 5.74) is -0.140. The molecule has 0 amide bonds. The molecule has 1 rings (SSSR count). The smallest absolute Gasteiger partial charge is 0.168 e. The third-order valence-corrected chi connectivity index (χ3v) is 3.65. The molecule has 0 aromatic heterocycles. The molecule has 1 unspecified atom stereocenters. The van der Waals surface area contributed by atoms with Crippen molar-refractivity contribution in [3.63, 3.8) is 0 Å². The van der Waals surface area contributed by atoms with Gasteiger partial charge in [0.1, 0.15) is 11.6 Å². The Bertz CT molecular complexity index is 432. The summed E-state index contributed by atoms with van der Waals surface area (Å²) < 4.78 is 27.1. The SMILES string of the molecule is CCCCC(CC)C(=O)c1cc(F)c(Br)cc1F. The van der Waals surface area contributed by atoms with E-state index in [-0.39, 0.29) is 21.7 Å². The highest BCUT2D eigenvalue weighted by Crippen LogP contribution is 2.24. The van der Waals surface area contributed by atoms with E-state index in [4.69, 9.17) is 0 Å². The molecule has 100 valence electrons. The predicted octanol–water partition coefficient (Wildman–Crippen LogP) is 5.13. The Morgan fingerprint density at radius 2 is 1.94 bits per heavy atom. The maximum absolute atomic E-state index is 13.7. The van der Waals surface area contributed by atoms with Gasteiger partial charge in [0.2, 0.25) is 0 Å². The molecule has 0 aliphatic rings. The molecule has 1 atom stereocenters. The van der Waals surface area contributed by atoms with Crippen molar-refractivity contribution in [3.05, 3.63) is 33.8 Å². The molecule has 0 aliphatic heterocycles. The van der Waals surface area contributed by atoms with Crippen molar-refractivity contribution >= 4 is 21.7 Å². The normalized spacial score (nSPS) is 12.5. The van der Waals surface area contributed by atoms with Crippen LogP contribution < -0.4 is 0 Å². The number of hydrogen-bond acceptors (Lipinski definition) is 1. The van der Waals surface area contributed by atoms with Gasteiger partial charge in [0, 0.05) is 5.92 Å². The Kier molecular flexibility index (Phi) is 5.93. The summed E-state index contributed by atoms with van der Waals surface area (Å²) in [5.74, 6) is -1.79. The molecule has 0 spiro atoms. The molecular weight excluding hydrogens is 302 g/mol. The van der Waals surface area contributed by atoms with E-state index in [1.807, 2.05) is 13.8 Å². The molecule has 0 aliphatic carbocycles. The van der Waals surface area contributed by atoms with E-state index in [9.17, 15) is 13.6 Å². The second kappa shape index (κ2) is 6.98. The van der Waals surface area contributed by atoms with Crippen LogP contribution in [0.4, 0.5) is 8.78 Å². The van der Waals surface area contributed by atoms with Crippen LogP contribution in [0.1, 0.15) is 49.9 Å². The third-order valence-electron chi connectivity index (χ3n) is 3.05. The fourth-order valence-electron chi connectivity index (χ4n) is 1.90. The number of ketones is 1. The summed E-state index contributed by atoms with van der Waals surface area (Å²) in [6, 6.07) is 1.99. The van der Waals surface area contributed by atoms with Gasteiger partial charge in [-0.15, -0.1) is 0 Å². The minimum absolute atomic E-state index is 0.0400. The molecule has 4 heteroatoms. The van der Waals surface area contributed by atoms with Crippen molar-refractivity contribution in [3.8, 4) is 0 Å². The Labute approximate surface area is 115 Å². The van der Waals surface area contributed by atoms with Crippen LogP contribution in [0.3, 0.4) is 0 Å². The van der Waals surface area contributed by atoms with Crippen LogP contribution >= 0.6 is 15.9 Å². The number of carbonyl (C=O) groups is 1. The van der Waals surface area contributed by atoms with E-state index in [1.165, 1.54) is 0 Å². The highest BCUT2D eigenvalue weighted by Gasteiger charge is 2.22. The fraction of sp³-hybridized carbons (Fsp3) is 0.500. The molecule has 1 nitrogen and oxygen atoms in total. The highest BCUT2D eigenvalue weighted by molar-refractivity contribution is 9.10. The van der Waals surface area contributed by atoms with Gasteiger partial charge in [-0.1, -0.05) is 26.7 Å². The Hall–Kier alpha value is -0.770. The molecule has 0 N–H and O–H groups in total. The summed E-state index contributed by atoms with van der Waals surface area (Å²) in [7, 11) is 0. The lowest BCUT2D eigenvalue weighted by Gasteiger charge is -2.14. The summed E-state index contributed by atoms with van der Waals surface area (Å²) in [6.45, 7) is 3.93. The van der Waals surface area contributed by atoms with Gasteiger partial charge in [0.05, 0.1) is 10.0 Å². The summed E-state index contributed by atoms with van der Waals surface area (Å²) >= 11 is 2.90. The zero-order chi connectivity index (χ0) is 13.7. The molecule has 0 heterocycles. The summed E-state index contributed by atoms with van der Waals surface area (Å²) in [5, 5.41) is 0. The van der Waals surface area contributed by atoms with E-state index in [0.717, 1.165) is 31.4 Å². The number of halogens is 3. The Morgan fingerprint density at radius 3 is 2.50 bits per heavy atom. The lowest BCUT2D eigenvalue weighted by molar-refractivity contribution is 0.0903. The molecular formula is C14H17BrF2O. The monoisotopic (exact) mass is 318 g/mol. The molecule has 0 bridgehead atoms. The number of Topliss-reactive ketones (excluding diaryl/α,β-unsaturated/α-hetero) is 1. The van der Waals surface area contributed by atoms with E-state index < -0.39 is 11.6 Å². The number of carbonyl (C=O) groups excluding carboxylic acids is 1. The van der Waals surface area contributed by atoms with Crippen molar-refractivity contribution in [1.29, 1.82) is 0 Å². The maximum atomic E-state index is 13.7. The average molecular weight is 319 g/mol. The molecule has 1 aromatic carbocycles. The van der Waals surface area contributed by atoms with Gasteiger partial charge in [-0.3, -0.25) is 4.79 Å². The van der Waals surface area contributed by atoms with Gasteiger partial charge in [-0.2, -0.15) is 0 Å². The standard InChI is InChI=1S/C14H17BrF2O/c1-3-5-6-9(4-2)14(18)10-7-13(17)11(15)8-12(10)16/h7-9H,3-6H2,1-2H3. The van der Waals surface area contributed by atoms with E-state index in [1.54, 1.807) is 0 Å². The second-order valence-electron chi connectivity index (χ2n) is 4.36. The van der Waals surface area contributed by atoms with Crippen LogP contribution in [0.2, 0.25) is 0 Å². The molecule has 0 saturated heterocycles. The van der Waals surface area contributed by atoms with Crippen molar-refractivity contribution in [2.45, 2.75) is 39.5 Å². The number of benzene rings is 1. The molecule has 0 radical (unpaired) electrons. The minimum atomic E-state index is -0.664. The Balaban J connectivity index is 2.98. The molecule has 0 fully saturated rings. The number of rotatable bonds is 6. The van der Waals surface area contributed by atoms with Crippen LogP contribution in [0.5, 0.6) is 0 Å². The van der Waals surface area contributed by atoms with E-state index in [2.05, 4.69) is 15.9 Å². The van der Waals surface area contributed by atoms with Gasteiger partial charge < -0.3 is 0 Å². The largest absolute Gasteiger partial charge is 0.294 e. The van der Waals surface area contributed by atoms with Gasteiger partial charge in [-0.05, 0) is 40.9 Å².